The van der Waals surface area contributed by atoms with Crippen molar-refractivity contribution in [2.24, 2.45) is 5.92 Å². The van der Waals surface area contributed by atoms with Gasteiger partial charge in [0.05, 0.1) is 6.10 Å². The summed E-state index contributed by atoms with van der Waals surface area (Å²) in [5.41, 5.74) is 2.93. The highest BCUT2D eigenvalue weighted by atomic mass is 32.2. The fourth-order valence-electron chi connectivity index (χ4n) is 2.48. The Hall–Kier alpha value is -0.510. The van der Waals surface area contributed by atoms with Crippen LogP contribution in [-0.2, 0) is 6.42 Å². The van der Waals surface area contributed by atoms with Crippen molar-refractivity contribution in [3.8, 4) is 0 Å². The van der Waals surface area contributed by atoms with Gasteiger partial charge in [-0.25, -0.2) is 0 Å². The number of nitrogens with one attached hydrogen (secondary N) is 1. The fourth-order valence-corrected chi connectivity index (χ4v) is 3.55. The van der Waals surface area contributed by atoms with Crippen LogP contribution in [-0.4, -0.2) is 29.3 Å². The van der Waals surface area contributed by atoms with Gasteiger partial charge in [0, 0.05) is 11.8 Å². The third-order valence-corrected chi connectivity index (χ3v) is 4.89. The Morgan fingerprint density at radius 2 is 2.16 bits per heavy atom. The van der Waals surface area contributed by atoms with Gasteiger partial charge in [0.1, 0.15) is 0 Å². The average molecular weight is 279 g/mol. The monoisotopic (exact) mass is 279 g/mol. The molecule has 0 fully saturated rings. The van der Waals surface area contributed by atoms with Crippen molar-refractivity contribution in [2.45, 2.75) is 38.8 Å². The van der Waals surface area contributed by atoms with E-state index in [1.807, 2.05) is 11.8 Å². The molecule has 0 spiro atoms. The lowest BCUT2D eigenvalue weighted by Gasteiger charge is -2.21. The van der Waals surface area contributed by atoms with Crippen LogP contribution in [0.3, 0.4) is 0 Å². The molecule has 1 heterocycles. The van der Waals surface area contributed by atoms with Gasteiger partial charge in [0.2, 0.25) is 0 Å². The first kappa shape index (κ1) is 14.9. The van der Waals surface area contributed by atoms with E-state index in [4.69, 9.17) is 0 Å². The van der Waals surface area contributed by atoms with Gasteiger partial charge in [0.25, 0.3) is 0 Å². The normalized spacial score (nSPS) is 20.9. The van der Waals surface area contributed by atoms with Gasteiger partial charge in [-0.1, -0.05) is 38.1 Å². The molecule has 0 aliphatic carbocycles. The maximum atomic E-state index is 9.86. The predicted octanol–water partition coefficient (Wildman–Crippen LogP) is 3.01. The molecule has 1 aromatic carbocycles. The average Bonchev–Trinajstić information content (AvgIpc) is 2.61. The minimum absolute atomic E-state index is 0.193. The molecule has 2 unspecified atom stereocenters. The van der Waals surface area contributed by atoms with Crippen molar-refractivity contribution in [1.29, 1.82) is 0 Å². The molecule has 2 N–H and O–H groups in total. The Labute approximate surface area is 121 Å². The number of aryl methyl sites for hydroxylation is 1. The van der Waals surface area contributed by atoms with Crippen molar-refractivity contribution < 1.29 is 5.11 Å². The lowest BCUT2D eigenvalue weighted by Crippen LogP contribution is -2.28. The van der Waals surface area contributed by atoms with Gasteiger partial charge < -0.3 is 10.4 Å². The van der Waals surface area contributed by atoms with E-state index in [2.05, 4.69) is 43.4 Å². The molecule has 0 radical (unpaired) electrons. The molecule has 2 atom stereocenters. The van der Waals surface area contributed by atoms with E-state index in [9.17, 15) is 5.11 Å². The van der Waals surface area contributed by atoms with Crippen LogP contribution in [0.1, 0.15) is 37.4 Å². The summed E-state index contributed by atoms with van der Waals surface area (Å²) < 4.78 is 0. The van der Waals surface area contributed by atoms with Crippen molar-refractivity contribution in [2.75, 3.05) is 18.1 Å². The van der Waals surface area contributed by atoms with E-state index in [0.29, 0.717) is 12.0 Å². The fraction of sp³-hybridized carbons (Fsp3) is 0.625. The van der Waals surface area contributed by atoms with Gasteiger partial charge in [-0.05, 0) is 42.2 Å². The molecule has 0 amide bonds. The highest BCUT2D eigenvalue weighted by Gasteiger charge is 2.18. The van der Waals surface area contributed by atoms with Crippen molar-refractivity contribution >= 4 is 11.8 Å². The second-order valence-electron chi connectivity index (χ2n) is 5.63. The number of fused-ring (bicyclic) bond motifs is 1. The summed E-state index contributed by atoms with van der Waals surface area (Å²) in [6.45, 7) is 5.03. The molecule has 19 heavy (non-hydrogen) atoms. The number of hydrogen-bond donors (Lipinski definition) is 2. The molecule has 1 aromatic rings. The molecule has 0 bridgehead atoms. The van der Waals surface area contributed by atoms with E-state index in [1.165, 1.54) is 23.3 Å². The topological polar surface area (TPSA) is 32.3 Å². The largest absolute Gasteiger partial charge is 0.393 e. The van der Waals surface area contributed by atoms with Gasteiger partial charge in [0.15, 0.2) is 0 Å². The Morgan fingerprint density at radius 3 is 2.95 bits per heavy atom. The minimum Gasteiger partial charge on any atom is -0.393 e. The lowest BCUT2D eigenvalue weighted by atomic mass is 9.99. The van der Waals surface area contributed by atoms with Crippen LogP contribution in [0.4, 0.5) is 0 Å². The number of aliphatic hydroxyl groups is 1. The maximum Gasteiger partial charge on any atom is 0.0575 e. The number of rotatable bonds is 5. The summed E-state index contributed by atoms with van der Waals surface area (Å²) in [7, 11) is 0. The van der Waals surface area contributed by atoms with E-state index < -0.39 is 0 Å². The van der Waals surface area contributed by atoms with Gasteiger partial charge in [-0.15, -0.1) is 0 Å². The van der Waals surface area contributed by atoms with Gasteiger partial charge in [-0.3, -0.25) is 0 Å². The van der Waals surface area contributed by atoms with Crippen LogP contribution in [0, 0.1) is 5.92 Å². The van der Waals surface area contributed by atoms with Crippen LogP contribution < -0.4 is 5.32 Å². The number of thioether (sulfide) groups is 1. The number of hydrogen-bond acceptors (Lipinski definition) is 3. The summed E-state index contributed by atoms with van der Waals surface area (Å²) >= 11 is 2.02. The van der Waals surface area contributed by atoms with Gasteiger partial charge >= 0.3 is 0 Å². The van der Waals surface area contributed by atoms with Crippen LogP contribution in [0.25, 0.3) is 0 Å². The molecule has 0 aromatic heterocycles. The quantitative estimate of drug-likeness (QED) is 0.869. The highest BCUT2D eigenvalue weighted by molar-refractivity contribution is 7.99. The smallest absolute Gasteiger partial charge is 0.0575 e. The van der Waals surface area contributed by atoms with Crippen LogP contribution in [0.15, 0.2) is 24.3 Å². The molecular formula is C16H25NOS. The summed E-state index contributed by atoms with van der Waals surface area (Å²) in [6.07, 6.45) is 1.82. The Morgan fingerprint density at radius 1 is 1.37 bits per heavy atom. The minimum atomic E-state index is -0.193. The second-order valence-corrected chi connectivity index (χ2v) is 6.78. The first-order valence-electron chi connectivity index (χ1n) is 7.25. The second kappa shape index (κ2) is 7.32. The zero-order chi connectivity index (χ0) is 13.7. The molecule has 0 saturated heterocycles. The molecule has 2 rings (SSSR count). The Balaban J connectivity index is 1.93. The van der Waals surface area contributed by atoms with Crippen molar-refractivity contribution in [3.63, 3.8) is 0 Å². The first-order chi connectivity index (χ1) is 9.18. The molecule has 3 heteroatoms. The number of benzene rings is 1. The Kier molecular flexibility index (Phi) is 5.74. The third-order valence-electron chi connectivity index (χ3n) is 3.83. The summed E-state index contributed by atoms with van der Waals surface area (Å²) in [4.78, 5) is 0. The SMILES string of the molecule is CC(C)C(O)CCNC1CSCCc2ccccc21. The van der Waals surface area contributed by atoms with Crippen LogP contribution in [0.2, 0.25) is 0 Å². The lowest BCUT2D eigenvalue weighted by molar-refractivity contribution is 0.115. The van der Waals surface area contributed by atoms with E-state index in [0.717, 1.165) is 18.7 Å². The highest BCUT2D eigenvalue weighted by Crippen LogP contribution is 2.27. The van der Waals surface area contributed by atoms with E-state index >= 15 is 0 Å². The summed E-state index contributed by atoms with van der Waals surface area (Å²) in [6, 6.07) is 9.19. The van der Waals surface area contributed by atoms with Crippen molar-refractivity contribution in [1.82, 2.24) is 5.32 Å². The zero-order valence-electron chi connectivity index (χ0n) is 11.9. The molecule has 106 valence electrons. The van der Waals surface area contributed by atoms with Gasteiger partial charge in [-0.2, -0.15) is 11.8 Å². The summed E-state index contributed by atoms with van der Waals surface area (Å²) in [5, 5.41) is 13.5. The zero-order valence-corrected chi connectivity index (χ0v) is 12.7. The summed E-state index contributed by atoms with van der Waals surface area (Å²) in [5.74, 6) is 2.69. The van der Waals surface area contributed by atoms with Crippen LogP contribution in [0.5, 0.6) is 0 Å². The molecule has 1 aliphatic rings. The van der Waals surface area contributed by atoms with Crippen molar-refractivity contribution in [3.05, 3.63) is 35.4 Å². The molecular weight excluding hydrogens is 254 g/mol. The van der Waals surface area contributed by atoms with E-state index in [-0.39, 0.29) is 6.10 Å². The Bertz CT molecular complexity index is 394. The first-order valence-corrected chi connectivity index (χ1v) is 8.41. The third kappa shape index (κ3) is 4.23. The molecule has 2 nitrogen and oxygen atoms in total. The standard InChI is InChI=1S/C16H25NOS/c1-12(2)16(18)7-9-17-15-11-19-10-8-13-5-3-4-6-14(13)15/h3-6,12,15-18H,7-11H2,1-2H3. The molecule has 1 aliphatic heterocycles. The number of aliphatic hydroxyl groups excluding tert-OH is 1. The van der Waals surface area contributed by atoms with Crippen LogP contribution >= 0.6 is 11.8 Å². The molecule has 0 saturated carbocycles. The predicted molar refractivity (Wildman–Crippen MR) is 83.7 cm³/mol. The van der Waals surface area contributed by atoms with E-state index in [1.54, 1.807) is 0 Å². The maximum absolute atomic E-state index is 9.86.